The second-order valence-corrected chi connectivity index (χ2v) is 2.92. The van der Waals surface area contributed by atoms with Gasteiger partial charge in [0, 0.05) is 39.1 Å². The number of hydrogen-bond donors (Lipinski definition) is 1. The Labute approximate surface area is 73.4 Å². The van der Waals surface area contributed by atoms with Crippen molar-refractivity contribution in [2.45, 2.75) is 6.42 Å². The molecule has 0 aromatic carbocycles. The van der Waals surface area contributed by atoms with E-state index in [0.29, 0.717) is 6.42 Å². The van der Waals surface area contributed by atoms with E-state index >= 15 is 0 Å². The molecule has 3 heteroatoms. The molecule has 0 bridgehead atoms. The largest absolute Gasteiger partial charge is 0.314 e. The maximum Gasteiger partial charge on any atom is 0.123 e. The Morgan fingerprint density at radius 3 is 2.67 bits per heavy atom. The molecular formula is C9H16N2O. The number of rotatable bonds is 4. The van der Waals surface area contributed by atoms with Crippen LogP contribution in [-0.2, 0) is 4.79 Å². The van der Waals surface area contributed by atoms with Gasteiger partial charge in [-0.1, -0.05) is 12.2 Å². The van der Waals surface area contributed by atoms with Crippen molar-refractivity contribution in [2.24, 2.45) is 0 Å². The van der Waals surface area contributed by atoms with Crippen molar-refractivity contribution >= 4 is 6.29 Å². The molecule has 0 aromatic rings. The summed E-state index contributed by atoms with van der Waals surface area (Å²) in [7, 11) is 0. The molecule has 1 aliphatic heterocycles. The van der Waals surface area contributed by atoms with Gasteiger partial charge in [-0.2, -0.15) is 0 Å². The number of nitrogens with one attached hydrogen (secondary N) is 1. The van der Waals surface area contributed by atoms with Crippen molar-refractivity contribution in [3.63, 3.8) is 0 Å². The van der Waals surface area contributed by atoms with E-state index in [1.165, 1.54) is 0 Å². The Morgan fingerprint density at radius 1 is 1.25 bits per heavy atom. The van der Waals surface area contributed by atoms with E-state index in [0.717, 1.165) is 39.0 Å². The Bertz CT molecular complexity index is 151. The molecule has 0 unspecified atom stereocenters. The number of carbonyl (C=O) groups excluding carboxylic acids is 1. The van der Waals surface area contributed by atoms with Gasteiger partial charge in [0.05, 0.1) is 0 Å². The van der Waals surface area contributed by atoms with E-state index in [4.69, 9.17) is 0 Å². The van der Waals surface area contributed by atoms with Crippen LogP contribution in [0.25, 0.3) is 0 Å². The van der Waals surface area contributed by atoms with Crippen LogP contribution in [0.15, 0.2) is 12.2 Å². The molecule has 0 radical (unpaired) electrons. The van der Waals surface area contributed by atoms with Crippen molar-refractivity contribution in [2.75, 3.05) is 32.7 Å². The third kappa shape index (κ3) is 3.64. The summed E-state index contributed by atoms with van der Waals surface area (Å²) in [6.45, 7) is 5.38. The van der Waals surface area contributed by atoms with Crippen LogP contribution < -0.4 is 5.32 Å². The van der Waals surface area contributed by atoms with Crippen LogP contribution in [0.1, 0.15) is 6.42 Å². The molecule has 0 aromatic heterocycles. The van der Waals surface area contributed by atoms with Gasteiger partial charge in [0.2, 0.25) is 0 Å². The first-order chi connectivity index (χ1) is 5.93. The Hall–Kier alpha value is -0.670. The van der Waals surface area contributed by atoms with Gasteiger partial charge in [0.25, 0.3) is 0 Å². The molecule has 0 aliphatic carbocycles. The third-order valence-corrected chi connectivity index (χ3v) is 1.97. The lowest BCUT2D eigenvalue weighted by Crippen LogP contribution is -2.43. The maximum atomic E-state index is 9.98. The van der Waals surface area contributed by atoms with E-state index in [1.807, 2.05) is 6.08 Å². The van der Waals surface area contributed by atoms with Gasteiger partial charge in [0.1, 0.15) is 6.29 Å². The van der Waals surface area contributed by atoms with Gasteiger partial charge >= 0.3 is 0 Å². The summed E-state index contributed by atoms with van der Waals surface area (Å²) >= 11 is 0. The first-order valence-corrected chi connectivity index (χ1v) is 4.45. The predicted octanol–water partition coefficient (Wildman–Crippen LogP) is 0.0368. The smallest absolute Gasteiger partial charge is 0.123 e. The van der Waals surface area contributed by atoms with E-state index in [9.17, 15) is 4.79 Å². The van der Waals surface area contributed by atoms with Gasteiger partial charge in [-0.3, -0.25) is 4.90 Å². The van der Waals surface area contributed by atoms with Crippen LogP contribution >= 0.6 is 0 Å². The normalized spacial score (nSPS) is 20.0. The Morgan fingerprint density at radius 2 is 2.00 bits per heavy atom. The molecular weight excluding hydrogens is 152 g/mol. The molecule has 0 atom stereocenters. The van der Waals surface area contributed by atoms with E-state index in [1.54, 1.807) is 0 Å². The standard InChI is InChI=1S/C9H16N2O/c12-9-3-1-2-6-11-7-4-10-5-8-11/h1-2,9-10H,3-8H2/b2-1+. The average Bonchev–Trinajstić information content (AvgIpc) is 2.14. The van der Waals surface area contributed by atoms with Crippen LogP contribution in [0, 0.1) is 0 Å². The van der Waals surface area contributed by atoms with E-state index in [-0.39, 0.29) is 0 Å². The number of aldehydes is 1. The minimum Gasteiger partial charge on any atom is -0.314 e. The monoisotopic (exact) mass is 168 g/mol. The lowest BCUT2D eigenvalue weighted by atomic mass is 10.3. The van der Waals surface area contributed by atoms with Gasteiger partial charge < -0.3 is 10.1 Å². The molecule has 3 nitrogen and oxygen atoms in total. The molecule has 1 rings (SSSR count). The Balaban J connectivity index is 2.08. The minimum absolute atomic E-state index is 0.548. The lowest BCUT2D eigenvalue weighted by Gasteiger charge is -2.25. The SMILES string of the molecule is O=CC/C=C/CN1CCNCC1. The maximum absolute atomic E-state index is 9.98. The highest BCUT2D eigenvalue weighted by Gasteiger charge is 2.05. The third-order valence-electron chi connectivity index (χ3n) is 1.97. The highest BCUT2D eigenvalue weighted by Crippen LogP contribution is 1.92. The van der Waals surface area contributed by atoms with Crippen LogP contribution in [0.2, 0.25) is 0 Å². The zero-order valence-electron chi connectivity index (χ0n) is 7.33. The topological polar surface area (TPSA) is 32.3 Å². The minimum atomic E-state index is 0.548. The fourth-order valence-corrected chi connectivity index (χ4v) is 1.27. The second-order valence-electron chi connectivity index (χ2n) is 2.92. The second kappa shape index (κ2) is 5.91. The van der Waals surface area contributed by atoms with Crippen LogP contribution in [-0.4, -0.2) is 43.9 Å². The fraction of sp³-hybridized carbons (Fsp3) is 0.667. The summed E-state index contributed by atoms with van der Waals surface area (Å²) < 4.78 is 0. The van der Waals surface area contributed by atoms with Gasteiger partial charge in [-0.25, -0.2) is 0 Å². The number of nitrogens with zero attached hydrogens (tertiary/aromatic N) is 1. The number of piperazine rings is 1. The molecule has 1 saturated heterocycles. The molecule has 1 heterocycles. The van der Waals surface area contributed by atoms with Crippen molar-refractivity contribution in [1.29, 1.82) is 0 Å². The summed E-state index contributed by atoms with van der Waals surface area (Å²) in [6.07, 6.45) is 5.47. The number of carbonyl (C=O) groups is 1. The predicted molar refractivity (Wildman–Crippen MR) is 49.1 cm³/mol. The zero-order chi connectivity index (χ0) is 8.65. The van der Waals surface area contributed by atoms with Gasteiger partial charge in [-0.15, -0.1) is 0 Å². The number of allylic oxidation sites excluding steroid dienone is 1. The fourth-order valence-electron chi connectivity index (χ4n) is 1.27. The van der Waals surface area contributed by atoms with Crippen LogP contribution in [0.5, 0.6) is 0 Å². The molecule has 68 valence electrons. The molecule has 12 heavy (non-hydrogen) atoms. The van der Waals surface area contributed by atoms with Crippen LogP contribution in [0.4, 0.5) is 0 Å². The van der Waals surface area contributed by atoms with Gasteiger partial charge in [0.15, 0.2) is 0 Å². The van der Waals surface area contributed by atoms with Crippen molar-refractivity contribution in [3.8, 4) is 0 Å². The zero-order valence-corrected chi connectivity index (χ0v) is 7.33. The summed E-state index contributed by atoms with van der Waals surface area (Å²) in [6, 6.07) is 0. The van der Waals surface area contributed by atoms with Crippen LogP contribution in [0.3, 0.4) is 0 Å². The molecule has 1 fully saturated rings. The molecule has 1 N–H and O–H groups in total. The highest BCUT2D eigenvalue weighted by molar-refractivity contribution is 5.51. The summed E-state index contributed by atoms with van der Waals surface area (Å²) in [4.78, 5) is 12.4. The summed E-state index contributed by atoms with van der Waals surface area (Å²) in [5.74, 6) is 0. The molecule has 0 saturated carbocycles. The molecule has 0 spiro atoms. The lowest BCUT2D eigenvalue weighted by molar-refractivity contribution is -0.107. The first-order valence-electron chi connectivity index (χ1n) is 4.45. The van der Waals surface area contributed by atoms with Crippen molar-refractivity contribution in [1.82, 2.24) is 10.2 Å². The van der Waals surface area contributed by atoms with Crippen molar-refractivity contribution < 1.29 is 4.79 Å². The van der Waals surface area contributed by atoms with Gasteiger partial charge in [-0.05, 0) is 0 Å². The highest BCUT2D eigenvalue weighted by atomic mass is 16.1. The molecule has 0 amide bonds. The quantitative estimate of drug-likeness (QED) is 0.475. The molecule has 1 aliphatic rings. The summed E-state index contributed by atoms with van der Waals surface area (Å²) in [5, 5.41) is 3.29. The van der Waals surface area contributed by atoms with E-state index < -0.39 is 0 Å². The Kier molecular flexibility index (Phi) is 4.64. The van der Waals surface area contributed by atoms with Crippen molar-refractivity contribution in [3.05, 3.63) is 12.2 Å². The average molecular weight is 168 g/mol. The first kappa shape index (κ1) is 9.42. The number of hydrogen-bond acceptors (Lipinski definition) is 3. The summed E-state index contributed by atoms with van der Waals surface area (Å²) in [5.41, 5.74) is 0. The van der Waals surface area contributed by atoms with E-state index in [2.05, 4.69) is 16.3 Å².